The lowest BCUT2D eigenvalue weighted by Gasteiger charge is -2.33. The van der Waals surface area contributed by atoms with Crippen molar-refractivity contribution >= 4 is 44.9 Å². The molecule has 0 aliphatic heterocycles. The number of nitrogens with zero attached hydrogens (tertiary/aromatic N) is 2. The topological polar surface area (TPSA) is 74.5 Å². The maximum absolute atomic E-state index is 13.6. The van der Waals surface area contributed by atoms with Crippen LogP contribution < -0.4 is 10.1 Å². The van der Waals surface area contributed by atoms with Crippen molar-refractivity contribution in [2.45, 2.75) is 40.0 Å². The van der Waals surface area contributed by atoms with E-state index in [0.717, 1.165) is 46.8 Å². The minimum atomic E-state index is -0.131. The Morgan fingerprint density at radius 3 is 2.66 bits per heavy atom. The Bertz CT molecular complexity index is 1540. The minimum Gasteiger partial charge on any atom is -0.478 e. The fourth-order valence-electron chi connectivity index (χ4n) is 5.12. The Kier molecular flexibility index (Phi) is 7.31. The lowest BCUT2D eigenvalue weighted by atomic mass is 9.72. The molecule has 1 aliphatic rings. The van der Waals surface area contributed by atoms with Gasteiger partial charge >= 0.3 is 0 Å². The molecule has 5 nitrogen and oxygen atoms in total. The van der Waals surface area contributed by atoms with E-state index in [-0.39, 0.29) is 17.9 Å². The van der Waals surface area contributed by atoms with Crippen LogP contribution in [-0.2, 0) is 12.8 Å². The van der Waals surface area contributed by atoms with Gasteiger partial charge < -0.3 is 10.1 Å². The summed E-state index contributed by atoms with van der Waals surface area (Å²) in [6.07, 6.45) is 4.66. The largest absolute Gasteiger partial charge is 0.478 e. The number of para-hydroxylation sites is 1. The van der Waals surface area contributed by atoms with Crippen LogP contribution >= 0.6 is 11.3 Å². The molecule has 4 aromatic rings. The summed E-state index contributed by atoms with van der Waals surface area (Å²) in [5, 5.41) is 14.9. The van der Waals surface area contributed by atoms with E-state index in [4.69, 9.17) is 15.0 Å². The van der Waals surface area contributed by atoms with E-state index in [9.17, 15) is 4.79 Å². The second-order valence-corrected chi connectivity index (χ2v) is 11.8. The van der Waals surface area contributed by atoms with E-state index in [2.05, 4.69) is 26.1 Å². The van der Waals surface area contributed by atoms with Crippen molar-refractivity contribution in [1.82, 2.24) is 0 Å². The Hall–Kier alpha value is -3.95. The molecule has 1 atom stereocenters. The van der Waals surface area contributed by atoms with Crippen molar-refractivity contribution in [2.75, 3.05) is 11.9 Å². The second-order valence-electron chi connectivity index (χ2n) is 10.7. The van der Waals surface area contributed by atoms with E-state index in [0.29, 0.717) is 22.2 Å². The summed E-state index contributed by atoms with van der Waals surface area (Å²) < 4.78 is 5.74. The van der Waals surface area contributed by atoms with Crippen molar-refractivity contribution in [3.63, 3.8) is 0 Å². The number of rotatable bonds is 6. The molecular weight excluding hydrogens is 490 g/mol. The van der Waals surface area contributed by atoms with Crippen molar-refractivity contribution in [2.24, 2.45) is 16.3 Å². The highest BCUT2D eigenvalue weighted by Crippen LogP contribution is 2.45. The van der Waals surface area contributed by atoms with E-state index in [1.807, 2.05) is 72.8 Å². The van der Waals surface area contributed by atoms with Crippen molar-refractivity contribution in [1.29, 1.82) is 5.26 Å². The first-order valence-electron chi connectivity index (χ1n) is 12.9. The van der Waals surface area contributed by atoms with Gasteiger partial charge in [0, 0.05) is 22.3 Å². The van der Waals surface area contributed by atoms with Gasteiger partial charge in [0.2, 0.25) is 0 Å². The number of ether oxygens (including phenoxy) is 1. The van der Waals surface area contributed by atoms with Crippen LogP contribution in [0.4, 0.5) is 10.7 Å². The zero-order valence-corrected chi connectivity index (χ0v) is 22.8. The van der Waals surface area contributed by atoms with Crippen LogP contribution in [0.2, 0.25) is 0 Å². The van der Waals surface area contributed by atoms with Gasteiger partial charge in [0.1, 0.15) is 16.8 Å². The van der Waals surface area contributed by atoms with E-state index >= 15 is 0 Å². The number of nitriles is 1. The van der Waals surface area contributed by atoms with Crippen LogP contribution in [0, 0.1) is 22.7 Å². The van der Waals surface area contributed by atoms with Gasteiger partial charge in [0.15, 0.2) is 6.61 Å². The third-order valence-electron chi connectivity index (χ3n) is 7.26. The molecule has 1 amide bonds. The third kappa shape index (κ3) is 5.34. The Morgan fingerprint density at radius 1 is 1.13 bits per heavy atom. The summed E-state index contributed by atoms with van der Waals surface area (Å²) in [5.74, 6) is 1.02. The molecule has 0 unspecified atom stereocenters. The quantitative estimate of drug-likeness (QED) is 0.262. The molecule has 0 spiro atoms. The molecule has 0 fully saturated rings. The van der Waals surface area contributed by atoms with Gasteiger partial charge in [-0.25, -0.2) is 4.99 Å². The molecule has 0 radical (unpaired) electrons. The average Bonchev–Trinajstić information content (AvgIpc) is 3.28. The van der Waals surface area contributed by atoms with Gasteiger partial charge in [0.25, 0.3) is 5.91 Å². The smallest absolute Gasteiger partial charge is 0.259 e. The van der Waals surface area contributed by atoms with Gasteiger partial charge in [0.05, 0.1) is 5.56 Å². The molecule has 1 heterocycles. The van der Waals surface area contributed by atoms with E-state index in [1.165, 1.54) is 4.88 Å². The van der Waals surface area contributed by atoms with Gasteiger partial charge in [-0.3, -0.25) is 4.79 Å². The fraction of sp³-hybridized carbons (Fsp3) is 0.281. The SMILES string of the molecule is CC(C)(C)[C@H]1CCc2c(sc(N=Cc3c(OCC#N)ccc4ccccc34)c2C(=O)Nc2ccccc2)C1. The number of carbonyl (C=O) groups is 1. The van der Waals surface area contributed by atoms with Gasteiger partial charge in [-0.2, -0.15) is 5.26 Å². The van der Waals surface area contributed by atoms with Crippen LogP contribution in [0.1, 0.15) is 53.6 Å². The predicted octanol–water partition coefficient (Wildman–Crippen LogP) is 7.96. The minimum absolute atomic E-state index is 0.0502. The summed E-state index contributed by atoms with van der Waals surface area (Å²) in [6.45, 7) is 6.83. The number of benzene rings is 3. The Balaban J connectivity index is 1.58. The number of hydrogen-bond donors (Lipinski definition) is 1. The molecule has 0 saturated carbocycles. The molecule has 6 heteroatoms. The Labute approximate surface area is 227 Å². The van der Waals surface area contributed by atoms with E-state index in [1.54, 1.807) is 17.6 Å². The van der Waals surface area contributed by atoms with Gasteiger partial charge in [-0.1, -0.05) is 69.3 Å². The number of hydrogen-bond acceptors (Lipinski definition) is 5. The monoisotopic (exact) mass is 521 g/mol. The first kappa shape index (κ1) is 25.7. The number of aliphatic imine (C=N–C) groups is 1. The molecule has 0 bridgehead atoms. The van der Waals surface area contributed by atoms with Crippen LogP contribution in [-0.4, -0.2) is 18.7 Å². The van der Waals surface area contributed by atoms with Crippen LogP contribution in [0.15, 0.2) is 71.7 Å². The summed E-state index contributed by atoms with van der Waals surface area (Å²) in [6, 6.07) is 23.5. The van der Waals surface area contributed by atoms with Gasteiger partial charge in [-0.15, -0.1) is 11.3 Å². The molecule has 0 saturated heterocycles. The number of amides is 1. The van der Waals surface area contributed by atoms with Gasteiger partial charge in [-0.05, 0) is 65.1 Å². The fourth-order valence-corrected chi connectivity index (χ4v) is 6.39. The highest BCUT2D eigenvalue weighted by atomic mass is 32.1. The average molecular weight is 522 g/mol. The first-order valence-corrected chi connectivity index (χ1v) is 13.7. The molecule has 38 heavy (non-hydrogen) atoms. The maximum Gasteiger partial charge on any atom is 0.259 e. The summed E-state index contributed by atoms with van der Waals surface area (Å²) in [7, 11) is 0. The van der Waals surface area contributed by atoms with Crippen LogP contribution in [0.5, 0.6) is 5.75 Å². The lowest BCUT2D eigenvalue weighted by Crippen LogP contribution is -2.27. The summed E-state index contributed by atoms with van der Waals surface area (Å²) in [4.78, 5) is 19.8. The second kappa shape index (κ2) is 10.8. The maximum atomic E-state index is 13.6. The molecule has 1 aliphatic carbocycles. The molecule has 1 N–H and O–H groups in total. The highest BCUT2D eigenvalue weighted by molar-refractivity contribution is 7.16. The predicted molar refractivity (Wildman–Crippen MR) is 156 cm³/mol. The zero-order valence-electron chi connectivity index (χ0n) is 22.0. The van der Waals surface area contributed by atoms with Crippen molar-refractivity contribution in [3.8, 4) is 11.8 Å². The summed E-state index contributed by atoms with van der Waals surface area (Å²) >= 11 is 1.62. The molecule has 5 rings (SSSR count). The van der Waals surface area contributed by atoms with Crippen molar-refractivity contribution < 1.29 is 9.53 Å². The number of anilines is 1. The number of fused-ring (bicyclic) bond motifs is 2. The third-order valence-corrected chi connectivity index (χ3v) is 8.43. The molecule has 192 valence electrons. The number of carbonyl (C=O) groups excluding carboxylic acids is 1. The standard InChI is InChI=1S/C32H31N3O2S/c1-32(2,3)22-14-15-25-28(19-22)38-31(29(25)30(36)35-23-10-5-4-6-11-23)34-20-26-24-12-8-7-9-21(24)13-16-27(26)37-18-17-33/h4-13,16,20,22H,14-15,18-19H2,1-3H3,(H,35,36)/t22-/m0/s1. The Morgan fingerprint density at radius 2 is 1.89 bits per heavy atom. The normalized spacial score (nSPS) is 15.3. The lowest BCUT2D eigenvalue weighted by molar-refractivity contribution is 0.102. The molecular formula is C32H31N3O2S. The van der Waals surface area contributed by atoms with Crippen LogP contribution in [0.25, 0.3) is 10.8 Å². The van der Waals surface area contributed by atoms with Crippen LogP contribution in [0.3, 0.4) is 0 Å². The number of thiophene rings is 1. The first-order chi connectivity index (χ1) is 18.3. The molecule has 3 aromatic carbocycles. The summed E-state index contributed by atoms with van der Waals surface area (Å²) in [5.41, 5.74) is 3.55. The zero-order chi connectivity index (χ0) is 26.7. The van der Waals surface area contributed by atoms with E-state index < -0.39 is 0 Å². The molecule has 1 aromatic heterocycles. The number of nitrogens with one attached hydrogen (secondary N) is 1. The highest BCUT2D eigenvalue weighted by Gasteiger charge is 2.33. The van der Waals surface area contributed by atoms with Crippen molar-refractivity contribution in [3.05, 3.63) is 88.3 Å².